The van der Waals surface area contributed by atoms with Crippen LogP contribution in [-0.2, 0) is 37.0 Å². The number of nitrogens with zero attached hydrogens (tertiary/aromatic N) is 3. The molecular formula is C19H31N5O6. The van der Waals surface area contributed by atoms with Gasteiger partial charge in [0.2, 0.25) is 5.91 Å². The predicted octanol–water partition coefficient (Wildman–Crippen LogP) is -0.300. The van der Waals surface area contributed by atoms with Crippen molar-refractivity contribution < 1.29 is 28.9 Å². The largest absolute Gasteiger partial charge is 0.481 e. The zero-order valence-corrected chi connectivity index (χ0v) is 17.3. The van der Waals surface area contributed by atoms with Gasteiger partial charge < -0.3 is 30.0 Å². The maximum atomic E-state index is 12.7. The number of aliphatic carboxylic acids is 1. The van der Waals surface area contributed by atoms with E-state index in [2.05, 4.69) is 20.9 Å². The number of aromatic nitrogens is 3. The fourth-order valence-electron chi connectivity index (χ4n) is 3.60. The van der Waals surface area contributed by atoms with Gasteiger partial charge in [-0.15, -0.1) is 5.10 Å². The molecule has 1 aromatic rings. The molecule has 2 fully saturated rings. The highest BCUT2D eigenvalue weighted by Gasteiger charge is 2.34. The number of hydrogen-bond acceptors (Lipinski definition) is 8. The Hall–Kier alpha value is -2.08. The molecule has 3 heterocycles. The van der Waals surface area contributed by atoms with Crippen LogP contribution < -0.4 is 10.6 Å². The molecule has 11 nitrogen and oxygen atoms in total. The molecule has 0 spiro atoms. The van der Waals surface area contributed by atoms with Crippen LogP contribution in [0.25, 0.3) is 0 Å². The Morgan fingerprint density at radius 1 is 1.47 bits per heavy atom. The van der Waals surface area contributed by atoms with Crippen LogP contribution >= 0.6 is 0 Å². The first-order chi connectivity index (χ1) is 14.5. The van der Waals surface area contributed by atoms with Gasteiger partial charge in [-0.05, 0) is 26.2 Å². The van der Waals surface area contributed by atoms with Crippen LogP contribution in [-0.4, -0.2) is 82.6 Å². The molecule has 4 atom stereocenters. The van der Waals surface area contributed by atoms with E-state index in [1.807, 2.05) is 13.1 Å². The number of nitrogens with one attached hydrogen (secondary N) is 2. The van der Waals surface area contributed by atoms with Gasteiger partial charge in [-0.2, -0.15) is 0 Å². The average Bonchev–Trinajstić information content (AvgIpc) is 3.40. The van der Waals surface area contributed by atoms with Gasteiger partial charge in [0.1, 0.15) is 11.8 Å². The van der Waals surface area contributed by atoms with Crippen molar-refractivity contribution >= 4 is 11.9 Å². The van der Waals surface area contributed by atoms with E-state index in [4.69, 9.17) is 19.3 Å². The fraction of sp³-hybridized carbons (Fsp3) is 0.789. The molecule has 1 unspecified atom stereocenters. The van der Waals surface area contributed by atoms with E-state index >= 15 is 0 Å². The third kappa shape index (κ3) is 6.73. The van der Waals surface area contributed by atoms with E-state index in [0.717, 1.165) is 25.1 Å². The van der Waals surface area contributed by atoms with Crippen molar-refractivity contribution in [3.05, 3.63) is 11.9 Å². The summed E-state index contributed by atoms with van der Waals surface area (Å²) in [6, 6.07) is -0.473. The summed E-state index contributed by atoms with van der Waals surface area (Å²) in [4.78, 5) is 23.3. The zero-order valence-electron chi connectivity index (χ0n) is 17.3. The highest BCUT2D eigenvalue weighted by molar-refractivity contribution is 5.82. The summed E-state index contributed by atoms with van der Waals surface area (Å²) in [5, 5.41) is 23.0. The molecule has 1 amide bonds. The second-order valence-corrected chi connectivity index (χ2v) is 7.58. The van der Waals surface area contributed by atoms with Gasteiger partial charge in [-0.3, -0.25) is 14.3 Å². The number of carbonyl (C=O) groups excluding carboxylic acids is 1. The molecule has 3 N–H and O–H groups in total. The minimum Gasteiger partial charge on any atom is -0.481 e. The Balaban J connectivity index is 1.40. The van der Waals surface area contributed by atoms with E-state index in [0.29, 0.717) is 26.2 Å². The summed E-state index contributed by atoms with van der Waals surface area (Å²) in [6.07, 6.45) is 3.72. The molecule has 0 radical (unpaired) electrons. The van der Waals surface area contributed by atoms with Gasteiger partial charge in [0, 0.05) is 19.7 Å². The normalized spacial score (nSPS) is 26.6. The van der Waals surface area contributed by atoms with Crippen LogP contribution in [0, 0.1) is 0 Å². The molecule has 2 saturated heterocycles. The van der Waals surface area contributed by atoms with Gasteiger partial charge in [-0.1, -0.05) is 5.21 Å². The van der Waals surface area contributed by atoms with Crippen LogP contribution in [0.5, 0.6) is 0 Å². The van der Waals surface area contributed by atoms with E-state index in [1.165, 1.54) is 0 Å². The minimum absolute atomic E-state index is 0.0497. The van der Waals surface area contributed by atoms with Crippen molar-refractivity contribution in [1.82, 2.24) is 25.6 Å². The molecule has 2 aliphatic heterocycles. The third-order valence-electron chi connectivity index (χ3n) is 5.29. The molecule has 0 aliphatic carbocycles. The van der Waals surface area contributed by atoms with E-state index in [-0.39, 0.29) is 49.8 Å². The first-order valence-corrected chi connectivity index (χ1v) is 10.5. The second-order valence-electron chi connectivity index (χ2n) is 7.58. The third-order valence-corrected chi connectivity index (χ3v) is 5.29. The summed E-state index contributed by atoms with van der Waals surface area (Å²) in [7, 11) is 0. The summed E-state index contributed by atoms with van der Waals surface area (Å²) in [5.41, 5.74) is 0.773. The molecule has 168 valence electrons. The Kier molecular flexibility index (Phi) is 8.55. The van der Waals surface area contributed by atoms with E-state index < -0.39 is 5.97 Å². The number of carboxylic acids is 1. The number of carbonyl (C=O) groups is 2. The Morgan fingerprint density at radius 2 is 2.33 bits per heavy atom. The number of aryl methyl sites for hydroxylation is 1. The molecule has 3 rings (SSSR count). The molecule has 30 heavy (non-hydrogen) atoms. The van der Waals surface area contributed by atoms with Crippen LogP contribution in [0.1, 0.15) is 38.3 Å². The van der Waals surface area contributed by atoms with Crippen LogP contribution in [0.15, 0.2) is 6.20 Å². The second kappa shape index (κ2) is 11.3. The predicted molar refractivity (Wildman–Crippen MR) is 105 cm³/mol. The Bertz CT molecular complexity index is 699. The monoisotopic (exact) mass is 425 g/mol. The van der Waals surface area contributed by atoms with Crippen molar-refractivity contribution in [2.45, 2.75) is 70.1 Å². The van der Waals surface area contributed by atoms with Crippen LogP contribution in [0.4, 0.5) is 0 Å². The standard InChI is InChI=1S/C19H31N5O6/c1-2-24-10-13(22-23-24)11-30-14-8-16(20-9-14)19(27)21-15-4-3-6-29-17(15)12-28-7-5-18(25)26/h10,14-17,20H,2-9,11-12H2,1H3,(H,21,27)(H,25,26)/t14-,15-,16?,17-/m1/s1. The van der Waals surface area contributed by atoms with Gasteiger partial charge in [0.15, 0.2) is 0 Å². The topological polar surface area (TPSA) is 137 Å². The molecule has 0 bridgehead atoms. The number of amides is 1. The average molecular weight is 425 g/mol. The summed E-state index contributed by atoms with van der Waals surface area (Å²) in [5.74, 6) is -0.979. The fourth-order valence-corrected chi connectivity index (χ4v) is 3.60. The van der Waals surface area contributed by atoms with Gasteiger partial charge >= 0.3 is 5.97 Å². The number of hydrogen-bond donors (Lipinski definition) is 3. The van der Waals surface area contributed by atoms with Crippen molar-refractivity contribution in [3.63, 3.8) is 0 Å². The van der Waals surface area contributed by atoms with E-state index in [9.17, 15) is 9.59 Å². The van der Waals surface area contributed by atoms with Crippen molar-refractivity contribution in [2.75, 3.05) is 26.4 Å². The highest BCUT2D eigenvalue weighted by atomic mass is 16.5. The number of carboxylic acid groups (broad SMARTS) is 1. The van der Waals surface area contributed by atoms with Crippen molar-refractivity contribution in [3.8, 4) is 0 Å². The van der Waals surface area contributed by atoms with Crippen molar-refractivity contribution in [2.24, 2.45) is 0 Å². The lowest BCUT2D eigenvalue weighted by atomic mass is 10.0. The SMILES string of the molecule is CCn1cc(CO[C@H]2CNC(C(=O)N[C@@H]3CCCO[C@@H]3COCCC(=O)O)C2)nn1. The van der Waals surface area contributed by atoms with Gasteiger partial charge in [-0.25, -0.2) is 0 Å². The van der Waals surface area contributed by atoms with Crippen LogP contribution in [0.2, 0.25) is 0 Å². The Morgan fingerprint density at radius 3 is 3.10 bits per heavy atom. The highest BCUT2D eigenvalue weighted by Crippen LogP contribution is 2.17. The van der Waals surface area contributed by atoms with Crippen molar-refractivity contribution in [1.29, 1.82) is 0 Å². The molecule has 11 heteroatoms. The van der Waals surface area contributed by atoms with E-state index in [1.54, 1.807) is 4.68 Å². The van der Waals surface area contributed by atoms with Gasteiger partial charge in [0.05, 0.1) is 50.6 Å². The van der Waals surface area contributed by atoms with Crippen LogP contribution in [0.3, 0.4) is 0 Å². The molecule has 0 saturated carbocycles. The lowest BCUT2D eigenvalue weighted by Crippen LogP contribution is -2.53. The first kappa shape index (κ1) is 22.6. The molecule has 0 aromatic carbocycles. The first-order valence-electron chi connectivity index (χ1n) is 10.5. The molecule has 1 aromatic heterocycles. The number of rotatable bonds is 11. The quantitative estimate of drug-likeness (QED) is 0.408. The summed E-state index contributed by atoms with van der Waals surface area (Å²) >= 11 is 0. The lowest BCUT2D eigenvalue weighted by Gasteiger charge is -2.32. The van der Waals surface area contributed by atoms with Gasteiger partial charge in [0.25, 0.3) is 0 Å². The summed E-state index contributed by atoms with van der Waals surface area (Å²) < 4.78 is 18.8. The maximum Gasteiger partial charge on any atom is 0.305 e. The minimum atomic E-state index is -0.900. The smallest absolute Gasteiger partial charge is 0.305 e. The number of ether oxygens (including phenoxy) is 3. The summed E-state index contributed by atoms with van der Waals surface area (Å²) in [6.45, 7) is 4.73. The Labute approximate surface area is 175 Å². The molecule has 2 aliphatic rings. The zero-order chi connectivity index (χ0) is 21.3. The lowest BCUT2D eigenvalue weighted by molar-refractivity contribution is -0.138. The molecular weight excluding hydrogens is 394 g/mol. The maximum absolute atomic E-state index is 12.7.